The van der Waals surface area contributed by atoms with E-state index in [-0.39, 0.29) is 6.42 Å². The number of hydrogen-bond acceptors (Lipinski definition) is 5. The van der Waals surface area contributed by atoms with E-state index in [4.69, 9.17) is 5.11 Å². The Hall–Kier alpha value is -1.76. The Balaban J connectivity index is 1.97. The second-order valence-corrected chi connectivity index (χ2v) is 5.57. The highest BCUT2D eigenvalue weighted by atomic mass is 32.1. The SMILES string of the molecule is Cc1nn(-c2nc(C3CC3)ns2)c(C)c1CC(=O)O. The molecule has 0 saturated heterocycles. The summed E-state index contributed by atoms with van der Waals surface area (Å²) in [6, 6.07) is 0. The second-order valence-electron chi connectivity index (χ2n) is 4.84. The first kappa shape index (κ1) is 12.3. The largest absolute Gasteiger partial charge is 0.481 e. The molecule has 3 rings (SSSR count). The van der Waals surface area contributed by atoms with E-state index < -0.39 is 5.97 Å². The molecular formula is C12H14N4O2S. The van der Waals surface area contributed by atoms with Gasteiger partial charge in [-0.25, -0.2) is 9.67 Å². The van der Waals surface area contributed by atoms with Crippen LogP contribution in [0.4, 0.5) is 0 Å². The van der Waals surface area contributed by atoms with Gasteiger partial charge in [0.25, 0.3) is 0 Å². The third-order valence-corrected chi connectivity index (χ3v) is 4.03. The molecule has 1 aliphatic carbocycles. The van der Waals surface area contributed by atoms with E-state index in [1.807, 2.05) is 13.8 Å². The molecule has 7 heteroatoms. The summed E-state index contributed by atoms with van der Waals surface area (Å²) >= 11 is 1.32. The van der Waals surface area contributed by atoms with Gasteiger partial charge in [0.05, 0.1) is 12.1 Å². The smallest absolute Gasteiger partial charge is 0.307 e. The highest BCUT2D eigenvalue weighted by Crippen LogP contribution is 2.39. The molecule has 0 atom stereocenters. The predicted molar refractivity (Wildman–Crippen MR) is 69.8 cm³/mol. The summed E-state index contributed by atoms with van der Waals surface area (Å²) in [5.74, 6) is 0.564. The van der Waals surface area contributed by atoms with Crippen LogP contribution in [0.1, 0.15) is 41.5 Å². The van der Waals surface area contributed by atoms with Crippen LogP contribution in [-0.4, -0.2) is 30.2 Å². The van der Waals surface area contributed by atoms with Crippen LogP contribution in [-0.2, 0) is 11.2 Å². The summed E-state index contributed by atoms with van der Waals surface area (Å²) in [7, 11) is 0. The minimum Gasteiger partial charge on any atom is -0.481 e. The van der Waals surface area contributed by atoms with Crippen LogP contribution >= 0.6 is 11.5 Å². The van der Waals surface area contributed by atoms with Crippen LogP contribution in [0.2, 0.25) is 0 Å². The highest BCUT2D eigenvalue weighted by molar-refractivity contribution is 7.08. The van der Waals surface area contributed by atoms with Gasteiger partial charge < -0.3 is 5.11 Å². The van der Waals surface area contributed by atoms with Gasteiger partial charge >= 0.3 is 5.97 Å². The van der Waals surface area contributed by atoms with Crippen molar-refractivity contribution < 1.29 is 9.90 Å². The first-order chi connectivity index (χ1) is 9.06. The quantitative estimate of drug-likeness (QED) is 0.923. The average Bonchev–Trinajstić information content (AvgIpc) is 3.03. The van der Waals surface area contributed by atoms with E-state index in [9.17, 15) is 4.79 Å². The predicted octanol–water partition coefficient (Wildman–Crippen LogP) is 1.85. The number of aliphatic carboxylic acids is 1. The number of carbonyl (C=O) groups is 1. The summed E-state index contributed by atoms with van der Waals surface area (Å²) in [6.45, 7) is 3.70. The molecule has 0 amide bonds. The molecule has 1 saturated carbocycles. The second kappa shape index (κ2) is 4.41. The van der Waals surface area contributed by atoms with Gasteiger partial charge in [0, 0.05) is 28.7 Å². The Morgan fingerprint density at radius 2 is 2.21 bits per heavy atom. The van der Waals surface area contributed by atoms with Gasteiger partial charge in [-0.05, 0) is 26.7 Å². The molecule has 0 aliphatic heterocycles. The van der Waals surface area contributed by atoms with Crippen molar-refractivity contribution in [1.29, 1.82) is 0 Å². The maximum atomic E-state index is 10.9. The van der Waals surface area contributed by atoms with E-state index in [1.54, 1.807) is 4.68 Å². The van der Waals surface area contributed by atoms with Crippen molar-refractivity contribution in [2.75, 3.05) is 0 Å². The van der Waals surface area contributed by atoms with Crippen molar-refractivity contribution in [3.63, 3.8) is 0 Å². The molecule has 100 valence electrons. The molecule has 0 aromatic carbocycles. The van der Waals surface area contributed by atoms with Gasteiger partial charge in [0.1, 0.15) is 5.82 Å². The maximum Gasteiger partial charge on any atom is 0.307 e. The summed E-state index contributed by atoms with van der Waals surface area (Å²) in [5.41, 5.74) is 2.33. The van der Waals surface area contributed by atoms with Gasteiger partial charge in [0.2, 0.25) is 5.13 Å². The van der Waals surface area contributed by atoms with Gasteiger partial charge in [-0.2, -0.15) is 9.47 Å². The number of carboxylic acids is 1. The zero-order chi connectivity index (χ0) is 13.6. The first-order valence-corrected chi connectivity index (χ1v) is 6.94. The molecule has 0 bridgehead atoms. The van der Waals surface area contributed by atoms with Gasteiger partial charge in [-0.1, -0.05) is 0 Å². The first-order valence-electron chi connectivity index (χ1n) is 6.17. The van der Waals surface area contributed by atoms with Crippen molar-refractivity contribution in [3.8, 4) is 5.13 Å². The fourth-order valence-corrected chi connectivity index (χ4v) is 2.84. The molecule has 1 fully saturated rings. The molecule has 0 radical (unpaired) electrons. The van der Waals surface area contributed by atoms with Crippen LogP contribution in [0, 0.1) is 13.8 Å². The zero-order valence-corrected chi connectivity index (χ0v) is 11.6. The Kier molecular flexibility index (Phi) is 2.85. The third kappa shape index (κ3) is 2.25. The minimum atomic E-state index is -0.846. The molecule has 0 unspecified atom stereocenters. The lowest BCUT2D eigenvalue weighted by molar-refractivity contribution is -0.136. The molecule has 2 heterocycles. The molecule has 6 nitrogen and oxygen atoms in total. The van der Waals surface area contributed by atoms with Crippen molar-refractivity contribution in [3.05, 3.63) is 22.8 Å². The number of aromatic nitrogens is 4. The van der Waals surface area contributed by atoms with Crippen LogP contribution in [0.25, 0.3) is 5.13 Å². The maximum absolute atomic E-state index is 10.9. The van der Waals surface area contributed by atoms with Crippen LogP contribution in [0.15, 0.2) is 0 Å². The third-order valence-electron chi connectivity index (χ3n) is 3.32. The Labute approximate surface area is 114 Å². The van der Waals surface area contributed by atoms with Crippen molar-refractivity contribution in [2.45, 2.75) is 39.0 Å². The molecule has 19 heavy (non-hydrogen) atoms. The number of aryl methyl sites for hydroxylation is 1. The number of carboxylic acid groups (broad SMARTS) is 1. The number of nitrogens with zero attached hydrogens (tertiary/aromatic N) is 4. The Morgan fingerprint density at radius 1 is 1.47 bits per heavy atom. The summed E-state index contributed by atoms with van der Waals surface area (Å²) in [6.07, 6.45) is 2.32. The van der Waals surface area contributed by atoms with Crippen LogP contribution < -0.4 is 0 Å². The number of hydrogen-bond donors (Lipinski definition) is 1. The minimum absolute atomic E-state index is 0.00798. The monoisotopic (exact) mass is 278 g/mol. The summed E-state index contributed by atoms with van der Waals surface area (Å²) in [4.78, 5) is 15.4. The van der Waals surface area contributed by atoms with E-state index in [2.05, 4.69) is 14.5 Å². The van der Waals surface area contributed by atoms with Crippen LogP contribution in [0.5, 0.6) is 0 Å². The number of rotatable bonds is 4. The highest BCUT2D eigenvalue weighted by Gasteiger charge is 2.28. The molecule has 1 aliphatic rings. The topological polar surface area (TPSA) is 80.9 Å². The summed E-state index contributed by atoms with van der Waals surface area (Å²) in [5, 5.41) is 14.0. The van der Waals surface area contributed by atoms with Crippen LogP contribution in [0.3, 0.4) is 0 Å². The lowest BCUT2D eigenvalue weighted by Gasteiger charge is -1.99. The van der Waals surface area contributed by atoms with Crippen molar-refractivity contribution >= 4 is 17.5 Å². The molecule has 2 aromatic heterocycles. The molecular weight excluding hydrogens is 264 g/mol. The van der Waals surface area contributed by atoms with E-state index in [0.29, 0.717) is 5.92 Å². The van der Waals surface area contributed by atoms with E-state index >= 15 is 0 Å². The molecule has 1 N–H and O–H groups in total. The standard InChI is InChI=1S/C12H14N4O2S/c1-6-9(5-10(17)18)7(2)16(14-6)12-13-11(15-19-12)8-3-4-8/h8H,3-5H2,1-2H3,(H,17,18). The van der Waals surface area contributed by atoms with Gasteiger partial charge in [0.15, 0.2) is 0 Å². The zero-order valence-electron chi connectivity index (χ0n) is 10.8. The summed E-state index contributed by atoms with van der Waals surface area (Å²) < 4.78 is 6.05. The van der Waals surface area contributed by atoms with Gasteiger partial charge in [-0.3, -0.25) is 4.79 Å². The Morgan fingerprint density at radius 3 is 2.84 bits per heavy atom. The average molecular weight is 278 g/mol. The normalized spacial score (nSPS) is 14.8. The fraction of sp³-hybridized carbons (Fsp3) is 0.500. The molecule has 2 aromatic rings. The lowest BCUT2D eigenvalue weighted by Crippen LogP contribution is -2.03. The lowest BCUT2D eigenvalue weighted by atomic mass is 10.1. The van der Waals surface area contributed by atoms with E-state index in [0.717, 1.165) is 40.7 Å². The Bertz CT molecular complexity index is 642. The van der Waals surface area contributed by atoms with Crippen molar-refractivity contribution in [2.24, 2.45) is 0 Å². The van der Waals surface area contributed by atoms with Gasteiger partial charge in [-0.15, -0.1) is 0 Å². The molecule has 0 spiro atoms. The van der Waals surface area contributed by atoms with E-state index in [1.165, 1.54) is 11.5 Å². The van der Waals surface area contributed by atoms with Crippen molar-refractivity contribution in [1.82, 2.24) is 19.1 Å². The fourth-order valence-electron chi connectivity index (χ4n) is 2.09.